The average Bonchev–Trinajstić information content (AvgIpc) is 2.59. The normalized spacial score (nSPS) is 12.0. The van der Waals surface area contributed by atoms with Gasteiger partial charge in [0.2, 0.25) is 0 Å². The van der Waals surface area contributed by atoms with Crippen molar-refractivity contribution in [2.45, 2.75) is 11.1 Å². The Bertz CT molecular complexity index is 1010. The zero-order valence-electron chi connectivity index (χ0n) is 14.3. The number of carbonyl (C=O) groups is 1. The third-order valence-corrected chi connectivity index (χ3v) is 5.50. The topological polar surface area (TPSA) is 75.7 Å². The van der Waals surface area contributed by atoms with Gasteiger partial charge in [-0.15, -0.1) is 0 Å². The molecule has 0 spiro atoms. The van der Waals surface area contributed by atoms with E-state index in [-0.39, 0.29) is 16.3 Å². The van der Waals surface area contributed by atoms with Crippen molar-refractivity contribution in [2.75, 3.05) is 18.9 Å². The molecule has 28 heavy (non-hydrogen) atoms. The van der Waals surface area contributed by atoms with E-state index in [4.69, 9.17) is 28.0 Å². The van der Waals surface area contributed by atoms with Gasteiger partial charge in [-0.2, -0.15) is 13.2 Å². The Morgan fingerprint density at radius 2 is 1.79 bits per heavy atom. The predicted octanol–water partition coefficient (Wildman–Crippen LogP) is 4.45. The molecule has 2 aromatic rings. The zero-order chi connectivity index (χ0) is 21.3. The number of rotatable bonds is 5. The molecule has 1 amide bonds. The summed E-state index contributed by atoms with van der Waals surface area (Å²) < 4.78 is 66.3. The molecule has 0 saturated carbocycles. The summed E-state index contributed by atoms with van der Waals surface area (Å²) in [6.45, 7) is 0. The van der Waals surface area contributed by atoms with E-state index in [2.05, 4.69) is 4.72 Å². The number of carbonyl (C=O) groups excluding carboxylic acids is 1. The van der Waals surface area contributed by atoms with E-state index in [1.54, 1.807) is 0 Å². The minimum Gasteiger partial charge on any atom is -0.279 e. The second kappa shape index (κ2) is 8.16. The highest BCUT2D eigenvalue weighted by molar-refractivity contribution is 7.92. The third-order valence-electron chi connectivity index (χ3n) is 3.57. The molecule has 2 aromatic carbocycles. The maximum atomic E-state index is 13.0. The molecular weight excluding hydrogens is 444 g/mol. The molecular formula is C16H13Cl2F3N2O4S. The van der Waals surface area contributed by atoms with Gasteiger partial charge in [0.25, 0.3) is 15.9 Å². The van der Waals surface area contributed by atoms with Crippen LogP contribution < -0.4 is 4.72 Å². The summed E-state index contributed by atoms with van der Waals surface area (Å²) in [4.78, 5) is 16.4. The maximum absolute atomic E-state index is 13.0. The molecule has 6 nitrogen and oxygen atoms in total. The highest BCUT2D eigenvalue weighted by Gasteiger charge is 2.34. The monoisotopic (exact) mass is 456 g/mol. The SMILES string of the molecule is CON(C)C(=O)c1ccc(Cl)cc1NS(=O)(=O)c1ccc(Cl)c(C(F)(F)F)c1. The summed E-state index contributed by atoms with van der Waals surface area (Å²) in [5.41, 5.74) is -1.66. The highest BCUT2D eigenvalue weighted by atomic mass is 35.5. The Morgan fingerprint density at radius 3 is 2.36 bits per heavy atom. The van der Waals surface area contributed by atoms with Crippen LogP contribution in [0.4, 0.5) is 18.9 Å². The number of amides is 1. The van der Waals surface area contributed by atoms with Crippen LogP contribution in [0, 0.1) is 0 Å². The van der Waals surface area contributed by atoms with Gasteiger partial charge in [-0.1, -0.05) is 23.2 Å². The van der Waals surface area contributed by atoms with Gasteiger partial charge in [0.05, 0.1) is 33.8 Å². The van der Waals surface area contributed by atoms with Gasteiger partial charge in [-0.25, -0.2) is 13.5 Å². The first-order valence-electron chi connectivity index (χ1n) is 7.38. The molecule has 0 bridgehead atoms. The van der Waals surface area contributed by atoms with Gasteiger partial charge in [0, 0.05) is 12.1 Å². The van der Waals surface area contributed by atoms with Crippen molar-refractivity contribution in [1.29, 1.82) is 0 Å². The zero-order valence-corrected chi connectivity index (χ0v) is 16.7. The number of nitrogens with zero attached hydrogens (tertiary/aromatic N) is 1. The molecule has 0 fully saturated rings. The van der Waals surface area contributed by atoms with Crippen LogP contribution in [0.5, 0.6) is 0 Å². The largest absolute Gasteiger partial charge is 0.417 e. The van der Waals surface area contributed by atoms with E-state index < -0.39 is 37.6 Å². The smallest absolute Gasteiger partial charge is 0.279 e. The lowest BCUT2D eigenvalue weighted by atomic mass is 10.1. The van der Waals surface area contributed by atoms with Gasteiger partial charge in [0.15, 0.2) is 0 Å². The molecule has 0 atom stereocenters. The van der Waals surface area contributed by atoms with Gasteiger partial charge < -0.3 is 0 Å². The Hall–Kier alpha value is -2.01. The molecule has 0 heterocycles. The quantitative estimate of drug-likeness (QED) is 0.674. The standard InChI is InChI=1S/C16H13Cl2F3N2O4S/c1-23(27-2)15(24)11-5-3-9(17)7-14(11)22-28(25,26)10-4-6-13(18)12(8-10)16(19,20)21/h3-8,22H,1-2H3. The van der Waals surface area contributed by atoms with E-state index in [0.29, 0.717) is 6.07 Å². The van der Waals surface area contributed by atoms with Crippen LogP contribution in [-0.4, -0.2) is 33.5 Å². The minimum absolute atomic E-state index is 0.0985. The fourth-order valence-corrected chi connectivity index (χ4v) is 3.63. The summed E-state index contributed by atoms with van der Waals surface area (Å²) in [6.07, 6.45) is -4.85. The van der Waals surface area contributed by atoms with Crippen molar-refractivity contribution >= 4 is 44.8 Å². The summed E-state index contributed by atoms with van der Waals surface area (Å²) in [5, 5.41) is 0.290. The van der Waals surface area contributed by atoms with Gasteiger partial charge in [-0.05, 0) is 36.4 Å². The Balaban J connectivity index is 2.51. The maximum Gasteiger partial charge on any atom is 0.417 e. The Labute approximate surface area is 168 Å². The lowest BCUT2D eigenvalue weighted by Gasteiger charge is -2.18. The van der Waals surface area contributed by atoms with Crippen molar-refractivity contribution in [3.8, 4) is 0 Å². The third kappa shape index (κ3) is 4.88. The second-order valence-corrected chi connectivity index (χ2v) is 7.95. The van der Waals surface area contributed by atoms with Crippen LogP contribution in [-0.2, 0) is 21.0 Å². The van der Waals surface area contributed by atoms with Gasteiger partial charge in [-0.3, -0.25) is 14.4 Å². The molecule has 0 aliphatic carbocycles. The molecule has 0 aromatic heterocycles. The summed E-state index contributed by atoms with van der Waals surface area (Å²) in [6, 6.07) is 5.88. The van der Waals surface area contributed by atoms with Gasteiger partial charge >= 0.3 is 6.18 Å². The number of hydrogen-bond donors (Lipinski definition) is 1. The molecule has 0 unspecified atom stereocenters. The van der Waals surface area contributed by atoms with Crippen LogP contribution in [0.2, 0.25) is 10.0 Å². The van der Waals surface area contributed by atoms with Crippen molar-refractivity contribution in [3.05, 3.63) is 57.6 Å². The van der Waals surface area contributed by atoms with E-state index in [1.165, 1.54) is 26.3 Å². The van der Waals surface area contributed by atoms with Gasteiger partial charge in [0.1, 0.15) is 0 Å². The second-order valence-electron chi connectivity index (χ2n) is 5.42. The predicted molar refractivity (Wildman–Crippen MR) is 97.8 cm³/mol. The van der Waals surface area contributed by atoms with Crippen molar-refractivity contribution < 1.29 is 31.2 Å². The lowest BCUT2D eigenvalue weighted by molar-refractivity contribution is -0.137. The number of hydrogen-bond acceptors (Lipinski definition) is 4. The lowest BCUT2D eigenvalue weighted by Crippen LogP contribution is -2.27. The molecule has 1 N–H and O–H groups in total. The fourth-order valence-electron chi connectivity index (χ4n) is 2.13. The van der Waals surface area contributed by atoms with E-state index in [9.17, 15) is 26.4 Å². The molecule has 12 heteroatoms. The first-order valence-corrected chi connectivity index (χ1v) is 9.62. The Kier molecular flexibility index (Phi) is 6.49. The molecule has 0 aliphatic rings. The van der Waals surface area contributed by atoms with Crippen LogP contribution >= 0.6 is 23.2 Å². The van der Waals surface area contributed by atoms with Crippen LogP contribution in [0.1, 0.15) is 15.9 Å². The molecule has 0 aliphatic heterocycles. The van der Waals surface area contributed by atoms with Crippen molar-refractivity contribution in [2.24, 2.45) is 0 Å². The number of sulfonamides is 1. The van der Waals surface area contributed by atoms with Crippen molar-refractivity contribution in [3.63, 3.8) is 0 Å². The van der Waals surface area contributed by atoms with E-state index in [1.807, 2.05) is 0 Å². The molecule has 152 valence electrons. The number of alkyl halides is 3. The average molecular weight is 457 g/mol. The summed E-state index contributed by atoms with van der Waals surface area (Å²) >= 11 is 11.4. The summed E-state index contributed by atoms with van der Waals surface area (Å²) in [5.74, 6) is -0.705. The number of nitrogens with one attached hydrogen (secondary N) is 1. The minimum atomic E-state index is -4.85. The number of halogens is 5. The number of benzene rings is 2. The van der Waals surface area contributed by atoms with E-state index in [0.717, 1.165) is 23.3 Å². The van der Waals surface area contributed by atoms with Crippen molar-refractivity contribution in [1.82, 2.24) is 5.06 Å². The van der Waals surface area contributed by atoms with E-state index >= 15 is 0 Å². The Morgan fingerprint density at radius 1 is 1.14 bits per heavy atom. The number of hydroxylamine groups is 2. The fraction of sp³-hybridized carbons (Fsp3) is 0.188. The molecule has 2 rings (SSSR count). The van der Waals surface area contributed by atoms with Crippen LogP contribution in [0.15, 0.2) is 41.3 Å². The molecule has 0 radical (unpaired) electrons. The summed E-state index contributed by atoms with van der Waals surface area (Å²) in [7, 11) is -1.98. The molecule has 0 saturated heterocycles. The first-order chi connectivity index (χ1) is 12.9. The van der Waals surface area contributed by atoms with Crippen LogP contribution in [0.25, 0.3) is 0 Å². The highest BCUT2D eigenvalue weighted by Crippen LogP contribution is 2.36. The first kappa shape index (κ1) is 22.3. The van der Waals surface area contributed by atoms with Crippen LogP contribution in [0.3, 0.4) is 0 Å². The number of anilines is 1.